The van der Waals surface area contributed by atoms with E-state index in [1.54, 1.807) is 18.2 Å². The SMILES string of the molecule is CONCc1ccc(C)c2c1CCC2. The van der Waals surface area contributed by atoms with E-state index in [2.05, 4.69) is 24.5 Å². The van der Waals surface area contributed by atoms with Crippen LogP contribution in [0.5, 0.6) is 0 Å². The highest BCUT2D eigenvalue weighted by Crippen LogP contribution is 2.28. The van der Waals surface area contributed by atoms with Gasteiger partial charge in [0.1, 0.15) is 0 Å². The molecule has 0 saturated carbocycles. The molecular weight excluding hydrogens is 174 g/mol. The Morgan fingerprint density at radius 1 is 1.29 bits per heavy atom. The Kier molecular flexibility index (Phi) is 2.85. The zero-order chi connectivity index (χ0) is 9.97. The highest BCUT2D eigenvalue weighted by Gasteiger charge is 2.16. The van der Waals surface area contributed by atoms with Crippen molar-refractivity contribution in [3.8, 4) is 0 Å². The second kappa shape index (κ2) is 4.11. The molecule has 76 valence electrons. The van der Waals surface area contributed by atoms with Crippen molar-refractivity contribution in [2.24, 2.45) is 0 Å². The van der Waals surface area contributed by atoms with Gasteiger partial charge in [-0.3, -0.25) is 0 Å². The summed E-state index contributed by atoms with van der Waals surface area (Å²) in [6, 6.07) is 4.43. The van der Waals surface area contributed by atoms with Gasteiger partial charge in [-0.15, -0.1) is 0 Å². The van der Waals surface area contributed by atoms with Gasteiger partial charge in [0.15, 0.2) is 0 Å². The molecule has 0 heterocycles. The lowest BCUT2D eigenvalue weighted by atomic mass is 9.99. The van der Waals surface area contributed by atoms with Crippen molar-refractivity contribution in [1.82, 2.24) is 5.48 Å². The highest BCUT2D eigenvalue weighted by atomic mass is 16.6. The fourth-order valence-corrected chi connectivity index (χ4v) is 2.28. The minimum absolute atomic E-state index is 0.819. The number of hydrogen-bond acceptors (Lipinski definition) is 2. The number of benzene rings is 1. The van der Waals surface area contributed by atoms with E-state index in [-0.39, 0.29) is 0 Å². The number of fused-ring (bicyclic) bond motifs is 1. The lowest BCUT2D eigenvalue weighted by Crippen LogP contribution is -2.12. The minimum Gasteiger partial charge on any atom is -0.305 e. The zero-order valence-corrected chi connectivity index (χ0v) is 8.89. The first-order chi connectivity index (χ1) is 6.83. The Hall–Kier alpha value is -0.860. The molecule has 1 aromatic rings. The number of rotatable bonds is 3. The van der Waals surface area contributed by atoms with E-state index in [4.69, 9.17) is 4.84 Å². The summed E-state index contributed by atoms with van der Waals surface area (Å²) in [5.74, 6) is 0. The first kappa shape index (κ1) is 9.69. The molecule has 1 aliphatic rings. The van der Waals surface area contributed by atoms with Crippen molar-refractivity contribution >= 4 is 0 Å². The molecule has 0 aromatic heterocycles. The molecule has 2 heteroatoms. The van der Waals surface area contributed by atoms with Gasteiger partial charge >= 0.3 is 0 Å². The van der Waals surface area contributed by atoms with Crippen LogP contribution in [0, 0.1) is 6.92 Å². The van der Waals surface area contributed by atoms with Gasteiger partial charge in [-0.2, -0.15) is 5.48 Å². The number of aryl methyl sites for hydroxylation is 1. The third-order valence-corrected chi connectivity index (χ3v) is 3.02. The average molecular weight is 191 g/mol. The Morgan fingerprint density at radius 3 is 2.86 bits per heavy atom. The van der Waals surface area contributed by atoms with Crippen LogP contribution in [0.2, 0.25) is 0 Å². The molecule has 14 heavy (non-hydrogen) atoms. The summed E-state index contributed by atoms with van der Waals surface area (Å²) in [5, 5.41) is 0. The molecule has 2 nitrogen and oxygen atoms in total. The molecule has 0 radical (unpaired) electrons. The smallest absolute Gasteiger partial charge is 0.0572 e. The minimum atomic E-state index is 0.819. The molecule has 0 atom stereocenters. The van der Waals surface area contributed by atoms with Crippen molar-refractivity contribution in [2.75, 3.05) is 7.11 Å². The second-order valence-electron chi connectivity index (χ2n) is 3.88. The number of nitrogens with one attached hydrogen (secondary N) is 1. The topological polar surface area (TPSA) is 21.3 Å². The normalized spacial score (nSPS) is 14.4. The molecule has 0 saturated heterocycles. The largest absolute Gasteiger partial charge is 0.305 e. The molecule has 0 aliphatic heterocycles. The predicted octanol–water partition coefficient (Wildman–Crippen LogP) is 2.13. The van der Waals surface area contributed by atoms with Crippen LogP contribution < -0.4 is 5.48 Å². The maximum Gasteiger partial charge on any atom is 0.0572 e. The third-order valence-electron chi connectivity index (χ3n) is 3.02. The van der Waals surface area contributed by atoms with E-state index in [1.807, 2.05) is 0 Å². The van der Waals surface area contributed by atoms with Crippen LogP contribution in [0.3, 0.4) is 0 Å². The van der Waals surface area contributed by atoms with Crippen LogP contribution in [0.15, 0.2) is 12.1 Å². The Bertz CT molecular complexity index is 333. The fourth-order valence-electron chi connectivity index (χ4n) is 2.28. The highest BCUT2D eigenvalue weighted by molar-refractivity contribution is 5.43. The van der Waals surface area contributed by atoms with Crippen LogP contribution in [0.25, 0.3) is 0 Å². The standard InChI is InChI=1S/C12H17NO/c1-9-6-7-10(8-13-14-2)12-5-3-4-11(9)12/h6-7,13H,3-5,8H2,1-2H3. The monoisotopic (exact) mass is 191 g/mol. The quantitative estimate of drug-likeness (QED) is 0.739. The maximum absolute atomic E-state index is 4.89. The molecule has 0 fully saturated rings. The van der Waals surface area contributed by atoms with Crippen molar-refractivity contribution in [3.63, 3.8) is 0 Å². The second-order valence-corrected chi connectivity index (χ2v) is 3.88. The van der Waals surface area contributed by atoms with Crippen LogP contribution >= 0.6 is 0 Å². The molecule has 0 unspecified atom stereocenters. The van der Waals surface area contributed by atoms with Crippen molar-refractivity contribution in [3.05, 3.63) is 34.4 Å². The van der Waals surface area contributed by atoms with Gasteiger partial charge in [-0.1, -0.05) is 12.1 Å². The first-order valence-corrected chi connectivity index (χ1v) is 5.19. The molecular formula is C12H17NO. The summed E-state index contributed by atoms with van der Waals surface area (Å²) >= 11 is 0. The van der Waals surface area contributed by atoms with E-state index in [0.717, 1.165) is 6.54 Å². The molecule has 1 aromatic carbocycles. The van der Waals surface area contributed by atoms with Gasteiger partial charge < -0.3 is 4.84 Å². The first-order valence-electron chi connectivity index (χ1n) is 5.19. The molecule has 0 amide bonds. The van der Waals surface area contributed by atoms with E-state index < -0.39 is 0 Å². The summed E-state index contributed by atoms with van der Waals surface area (Å²) in [4.78, 5) is 4.89. The van der Waals surface area contributed by atoms with Crippen molar-refractivity contribution < 1.29 is 4.84 Å². The van der Waals surface area contributed by atoms with E-state index >= 15 is 0 Å². The molecule has 1 N–H and O–H groups in total. The molecule has 0 spiro atoms. The van der Waals surface area contributed by atoms with Crippen molar-refractivity contribution in [1.29, 1.82) is 0 Å². The lowest BCUT2D eigenvalue weighted by Gasteiger charge is -2.10. The number of hydrogen-bond donors (Lipinski definition) is 1. The zero-order valence-electron chi connectivity index (χ0n) is 8.89. The van der Waals surface area contributed by atoms with Gasteiger partial charge in [0, 0.05) is 6.54 Å². The Labute approximate surface area is 85.2 Å². The van der Waals surface area contributed by atoms with E-state index in [9.17, 15) is 0 Å². The van der Waals surface area contributed by atoms with Gasteiger partial charge in [-0.05, 0) is 48.4 Å². The van der Waals surface area contributed by atoms with E-state index in [0.29, 0.717) is 0 Å². The maximum atomic E-state index is 4.89. The summed E-state index contributed by atoms with van der Waals surface area (Å²) < 4.78 is 0. The predicted molar refractivity (Wildman–Crippen MR) is 57.1 cm³/mol. The van der Waals surface area contributed by atoms with Gasteiger partial charge in [0.05, 0.1) is 7.11 Å². The fraction of sp³-hybridized carbons (Fsp3) is 0.500. The molecule has 0 bridgehead atoms. The molecule has 1 aliphatic carbocycles. The van der Waals surface area contributed by atoms with Gasteiger partial charge in [0.25, 0.3) is 0 Å². The van der Waals surface area contributed by atoms with Crippen LogP contribution in [0.1, 0.15) is 28.7 Å². The van der Waals surface area contributed by atoms with Gasteiger partial charge in [-0.25, -0.2) is 0 Å². The van der Waals surface area contributed by atoms with Crippen LogP contribution in [-0.4, -0.2) is 7.11 Å². The average Bonchev–Trinajstić information content (AvgIpc) is 2.66. The van der Waals surface area contributed by atoms with Crippen LogP contribution in [-0.2, 0) is 24.2 Å². The summed E-state index contributed by atoms with van der Waals surface area (Å²) in [6.07, 6.45) is 3.79. The van der Waals surface area contributed by atoms with E-state index in [1.165, 1.54) is 30.4 Å². The Morgan fingerprint density at radius 2 is 2.07 bits per heavy atom. The third kappa shape index (κ3) is 1.68. The molecule has 2 rings (SSSR count). The lowest BCUT2D eigenvalue weighted by molar-refractivity contribution is 0.0865. The summed E-state index contributed by atoms with van der Waals surface area (Å²) in [6.45, 7) is 3.02. The summed E-state index contributed by atoms with van der Waals surface area (Å²) in [5.41, 5.74) is 8.87. The van der Waals surface area contributed by atoms with Crippen LogP contribution in [0.4, 0.5) is 0 Å². The van der Waals surface area contributed by atoms with Gasteiger partial charge in [0.2, 0.25) is 0 Å². The number of hydroxylamine groups is 1. The van der Waals surface area contributed by atoms with Crippen molar-refractivity contribution in [2.45, 2.75) is 32.7 Å². The Balaban J connectivity index is 2.29. The summed E-state index contributed by atoms with van der Waals surface area (Å²) in [7, 11) is 1.66.